The summed E-state index contributed by atoms with van der Waals surface area (Å²) in [6, 6.07) is 4.24. The van der Waals surface area contributed by atoms with Crippen LogP contribution in [0.4, 0.5) is 5.69 Å². The molecule has 1 aromatic carbocycles. The molecule has 0 aromatic heterocycles. The van der Waals surface area contributed by atoms with Gasteiger partial charge in [0.2, 0.25) is 0 Å². The van der Waals surface area contributed by atoms with Crippen LogP contribution in [-0.4, -0.2) is 41.4 Å². The molecule has 4 rings (SSSR count). The molecule has 1 heterocycles. The number of amides is 2. The Morgan fingerprint density at radius 3 is 2.43 bits per heavy atom. The molecule has 1 spiro atoms. The molecular weight excluding hydrogens is 352 g/mol. The monoisotopic (exact) mass is 384 g/mol. The van der Waals surface area contributed by atoms with Gasteiger partial charge in [0.05, 0.1) is 5.69 Å². The van der Waals surface area contributed by atoms with Crippen molar-refractivity contribution in [2.45, 2.75) is 83.9 Å². The molecule has 0 unspecified atom stereocenters. The van der Waals surface area contributed by atoms with Crippen molar-refractivity contribution in [3.63, 3.8) is 0 Å². The van der Waals surface area contributed by atoms with E-state index in [0.29, 0.717) is 17.3 Å². The maximum Gasteiger partial charge on any atom is 0.271 e. The lowest BCUT2D eigenvalue weighted by Gasteiger charge is -2.39. The van der Waals surface area contributed by atoms with Crippen LogP contribution in [0.2, 0.25) is 0 Å². The van der Waals surface area contributed by atoms with Gasteiger partial charge in [0.15, 0.2) is 5.60 Å². The van der Waals surface area contributed by atoms with Gasteiger partial charge in [-0.15, -0.1) is 0 Å². The zero-order chi connectivity index (χ0) is 20.2. The van der Waals surface area contributed by atoms with Crippen LogP contribution in [0.15, 0.2) is 12.1 Å². The number of benzene rings is 1. The second-order valence-electron chi connectivity index (χ2n) is 9.32. The topological polar surface area (TPSA) is 49.9 Å². The zero-order valence-corrected chi connectivity index (χ0v) is 17.7. The quantitative estimate of drug-likeness (QED) is 0.780. The van der Waals surface area contributed by atoms with Crippen LogP contribution in [0.3, 0.4) is 0 Å². The molecule has 2 aliphatic carbocycles. The Hall–Kier alpha value is -2.04. The van der Waals surface area contributed by atoms with E-state index >= 15 is 0 Å². The summed E-state index contributed by atoms with van der Waals surface area (Å²) in [6.45, 7) is 8.46. The van der Waals surface area contributed by atoms with Crippen LogP contribution in [0, 0.1) is 12.8 Å². The predicted octanol–water partition coefficient (Wildman–Crippen LogP) is 4.31. The molecule has 5 nitrogen and oxygen atoms in total. The first-order valence-corrected chi connectivity index (χ1v) is 10.7. The summed E-state index contributed by atoms with van der Waals surface area (Å²) in [4.78, 5) is 30.0. The van der Waals surface area contributed by atoms with Crippen LogP contribution < -0.4 is 9.64 Å². The van der Waals surface area contributed by atoms with Crippen molar-refractivity contribution in [2.24, 2.45) is 5.92 Å². The fourth-order valence-corrected chi connectivity index (χ4v) is 4.82. The molecule has 0 bridgehead atoms. The third-order valence-corrected chi connectivity index (χ3v) is 6.77. The van der Waals surface area contributed by atoms with E-state index < -0.39 is 5.60 Å². The van der Waals surface area contributed by atoms with Gasteiger partial charge in [-0.05, 0) is 70.1 Å². The third-order valence-electron chi connectivity index (χ3n) is 6.77. The van der Waals surface area contributed by atoms with E-state index in [1.807, 2.05) is 19.1 Å². The van der Waals surface area contributed by atoms with Gasteiger partial charge in [-0.25, -0.2) is 0 Å². The van der Waals surface area contributed by atoms with E-state index in [9.17, 15) is 9.59 Å². The first kappa shape index (κ1) is 19.3. The van der Waals surface area contributed by atoms with Crippen molar-refractivity contribution in [3.8, 4) is 5.75 Å². The number of hydrogen-bond acceptors (Lipinski definition) is 3. The summed E-state index contributed by atoms with van der Waals surface area (Å²) < 4.78 is 6.05. The summed E-state index contributed by atoms with van der Waals surface area (Å²) in [7, 11) is 1.79. The number of anilines is 1. The minimum atomic E-state index is -0.650. The highest BCUT2D eigenvalue weighted by molar-refractivity contribution is 6.06. The minimum Gasteiger partial charge on any atom is -0.475 e. The summed E-state index contributed by atoms with van der Waals surface area (Å²) in [5.74, 6) is 1.54. The van der Waals surface area contributed by atoms with E-state index in [1.54, 1.807) is 11.9 Å². The van der Waals surface area contributed by atoms with E-state index in [0.717, 1.165) is 42.9 Å². The second kappa shape index (κ2) is 6.78. The number of carbonyl (C=O) groups is 2. The summed E-state index contributed by atoms with van der Waals surface area (Å²) in [6.07, 6.45) is 6.04. The summed E-state index contributed by atoms with van der Waals surface area (Å²) in [5, 5.41) is 0. The number of nitrogens with zero attached hydrogens (tertiary/aromatic N) is 2. The van der Waals surface area contributed by atoms with Crippen molar-refractivity contribution < 1.29 is 14.3 Å². The zero-order valence-electron chi connectivity index (χ0n) is 17.7. The first-order valence-electron chi connectivity index (χ1n) is 10.7. The molecule has 0 saturated heterocycles. The van der Waals surface area contributed by atoms with Crippen LogP contribution >= 0.6 is 0 Å². The molecule has 1 aliphatic heterocycles. The van der Waals surface area contributed by atoms with Gasteiger partial charge in [0.1, 0.15) is 5.75 Å². The van der Waals surface area contributed by atoms with Crippen LogP contribution in [0.5, 0.6) is 5.75 Å². The SMILES string of the molecule is Cc1cc2c(cc1C(=O)N(C(C)C)C1CCC(C)CC1)N(C)C(=O)C1(CC1)O2. The summed E-state index contributed by atoms with van der Waals surface area (Å²) in [5.41, 5.74) is 1.65. The summed E-state index contributed by atoms with van der Waals surface area (Å²) >= 11 is 0. The van der Waals surface area contributed by atoms with Gasteiger partial charge < -0.3 is 14.5 Å². The van der Waals surface area contributed by atoms with E-state index in [4.69, 9.17) is 4.74 Å². The van der Waals surface area contributed by atoms with Gasteiger partial charge in [-0.3, -0.25) is 9.59 Å². The number of rotatable bonds is 3. The molecule has 2 amide bonds. The molecule has 2 saturated carbocycles. The predicted molar refractivity (Wildman–Crippen MR) is 110 cm³/mol. The first-order chi connectivity index (χ1) is 13.2. The minimum absolute atomic E-state index is 0.00392. The van der Waals surface area contributed by atoms with Crippen molar-refractivity contribution >= 4 is 17.5 Å². The Bertz CT molecular complexity index is 804. The molecule has 152 valence electrons. The molecule has 28 heavy (non-hydrogen) atoms. The van der Waals surface area contributed by atoms with E-state index in [2.05, 4.69) is 25.7 Å². The standard InChI is InChI=1S/C23H32N2O3/c1-14(2)25(17-8-6-15(3)7-9-17)21(26)18-13-19-20(12-16(18)4)28-23(10-11-23)22(27)24(19)5/h12-15,17H,6-11H2,1-5H3. The molecule has 3 aliphatic rings. The van der Waals surface area contributed by atoms with Gasteiger partial charge in [0.25, 0.3) is 11.8 Å². The normalized spacial score (nSPS) is 25.5. The molecule has 0 N–H and O–H groups in total. The maximum atomic E-state index is 13.6. The molecule has 5 heteroatoms. The van der Waals surface area contributed by atoms with Crippen molar-refractivity contribution in [1.82, 2.24) is 4.90 Å². The fourth-order valence-electron chi connectivity index (χ4n) is 4.82. The number of aryl methyl sites for hydroxylation is 1. The fraction of sp³-hybridized carbons (Fsp3) is 0.652. The largest absolute Gasteiger partial charge is 0.475 e. The molecule has 1 aromatic rings. The highest BCUT2D eigenvalue weighted by Crippen LogP contribution is 2.49. The number of ether oxygens (including phenoxy) is 1. The number of hydrogen-bond donors (Lipinski definition) is 0. The highest BCUT2D eigenvalue weighted by atomic mass is 16.5. The van der Waals surface area contributed by atoms with Gasteiger partial charge in [0, 0.05) is 37.5 Å². The number of fused-ring (bicyclic) bond motifs is 1. The molecule has 0 radical (unpaired) electrons. The number of likely N-dealkylation sites (N-methyl/N-ethyl adjacent to an activating group) is 1. The highest BCUT2D eigenvalue weighted by Gasteiger charge is 2.57. The van der Waals surface area contributed by atoms with Crippen molar-refractivity contribution in [1.29, 1.82) is 0 Å². The molecule has 2 fully saturated rings. The van der Waals surface area contributed by atoms with Crippen molar-refractivity contribution in [2.75, 3.05) is 11.9 Å². The maximum absolute atomic E-state index is 13.6. The third kappa shape index (κ3) is 3.09. The van der Waals surface area contributed by atoms with Gasteiger partial charge in [-0.2, -0.15) is 0 Å². The number of carbonyl (C=O) groups excluding carboxylic acids is 2. The van der Waals surface area contributed by atoms with Crippen LogP contribution in [0.25, 0.3) is 0 Å². The average Bonchev–Trinajstić information content (AvgIpc) is 3.41. The smallest absolute Gasteiger partial charge is 0.271 e. The van der Waals surface area contributed by atoms with Crippen LogP contribution in [-0.2, 0) is 4.79 Å². The Labute approximate surface area is 168 Å². The van der Waals surface area contributed by atoms with Gasteiger partial charge in [-0.1, -0.05) is 6.92 Å². The van der Waals surface area contributed by atoms with E-state index in [1.165, 1.54) is 12.8 Å². The van der Waals surface area contributed by atoms with E-state index in [-0.39, 0.29) is 17.9 Å². The Kier molecular flexibility index (Phi) is 4.67. The lowest BCUT2D eigenvalue weighted by Crippen LogP contribution is -2.47. The molecule has 0 atom stereocenters. The van der Waals surface area contributed by atoms with Crippen LogP contribution in [0.1, 0.15) is 75.2 Å². The Morgan fingerprint density at radius 2 is 1.86 bits per heavy atom. The Morgan fingerprint density at radius 1 is 1.21 bits per heavy atom. The Balaban J connectivity index is 1.66. The lowest BCUT2D eigenvalue weighted by atomic mass is 9.85. The second-order valence-corrected chi connectivity index (χ2v) is 9.32. The van der Waals surface area contributed by atoms with Gasteiger partial charge >= 0.3 is 0 Å². The average molecular weight is 385 g/mol. The van der Waals surface area contributed by atoms with Crippen molar-refractivity contribution in [3.05, 3.63) is 23.3 Å². The molecular formula is C23H32N2O3. The lowest BCUT2D eigenvalue weighted by molar-refractivity contribution is -0.127.